The maximum Gasteiger partial charge on any atom is 0.251 e. The van der Waals surface area contributed by atoms with E-state index in [9.17, 15) is 4.79 Å². The predicted molar refractivity (Wildman–Crippen MR) is 98.2 cm³/mol. The number of hydrogen-bond donors (Lipinski definition) is 2. The molecule has 2 N–H and O–H groups in total. The summed E-state index contributed by atoms with van der Waals surface area (Å²) in [5.41, 5.74) is 3.84. The van der Waals surface area contributed by atoms with Gasteiger partial charge in [-0.05, 0) is 56.3 Å². The molecule has 2 rings (SSSR count). The van der Waals surface area contributed by atoms with Gasteiger partial charge in [-0.1, -0.05) is 36.4 Å². The van der Waals surface area contributed by atoms with Crippen LogP contribution < -0.4 is 5.32 Å². The molecular weight excluding hydrogens is 300 g/mol. The van der Waals surface area contributed by atoms with Gasteiger partial charge < -0.3 is 15.3 Å². The quantitative estimate of drug-likeness (QED) is 0.822. The number of amides is 1. The van der Waals surface area contributed by atoms with Crippen molar-refractivity contribution in [1.82, 2.24) is 10.2 Å². The van der Waals surface area contributed by atoms with Gasteiger partial charge in [-0.2, -0.15) is 0 Å². The van der Waals surface area contributed by atoms with Crippen LogP contribution in [0.4, 0.5) is 0 Å². The van der Waals surface area contributed by atoms with Gasteiger partial charge >= 0.3 is 0 Å². The SMILES string of the molecule is C[C@@H](CN(C)C)NC(=O)c1cccc(-c2ccc(CCO)cc2)c1. The van der Waals surface area contributed by atoms with E-state index >= 15 is 0 Å². The number of aliphatic hydroxyl groups is 1. The van der Waals surface area contributed by atoms with Crippen LogP contribution in [-0.2, 0) is 6.42 Å². The summed E-state index contributed by atoms with van der Waals surface area (Å²) in [4.78, 5) is 14.5. The topological polar surface area (TPSA) is 52.6 Å². The minimum atomic E-state index is -0.0527. The van der Waals surface area contributed by atoms with Crippen LogP contribution in [0.2, 0.25) is 0 Å². The number of hydrogen-bond acceptors (Lipinski definition) is 3. The maximum absolute atomic E-state index is 12.4. The summed E-state index contributed by atoms with van der Waals surface area (Å²) in [5, 5.41) is 12.0. The van der Waals surface area contributed by atoms with Crippen molar-refractivity contribution in [1.29, 1.82) is 0 Å². The Balaban J connectivity index is 2.11. The monoisotopic (exact) mass is 326 g/mol. The molecule has 0 saturated carbocycles. The normalized spacial score (nSPS) is 12.2. The summed E-state index contributed by atoms with van der Waals surface area (Å²) in [6.07, 6.45) is 0.659. The predicted octanol–water partition coefficient (Wildman–Crippen LogP) is 2.57. The second-order valence-electron chi connectivity index (χ2n) is 6.39. The summed E-state index contributed by atoms with van der Waals surface area (Å²) in [5.74, 6) is -0.0527. The van der Waals surface area contributed by atoms with Gasteiger partial charge in [0.25, 0.3) is 5.91 Å². The highest BCUT2D eigenvalue weighted by atomic mass is 16.2. The van der Waals surface area contributed by atoms with Crippen molar-refractivity contribution >= 4 is 5.91 Å². The molecule has 0 heterocycles. The summed E-state index contributed by atoms with van der Waals surface area (Å²) in [7, 11) is 3.98. The first kappa shape index (κ1) is 18.2. The standard InChI is InChI=1S/C20H26N2O2/c1-15(14-22(2)3)21-20(24)19-6-4-5-18(13-19)17-9-7-16(8-10-17)11-12-23/h4-10,13,15,23H,11-12,14H2,1-3H3,(H,21,24)/t15-/m0/s1. The van der Waals surface area contributed by atoms with Gasteiger partial charge in [0, 0.05) is 24.8 Å². The maximum atomic E-state index is 12.4. The zero-order chi connectivity index (χ0) is 17.5. The Hall–Kier alpha value is -2.17. The highest BCUT2D eigenvalue weighted by Crippen LogP contribution is 2.21. The van der Waals surface area contributed by atoms with E-state index in [1.165, 1.54) is 0 Å². The van der Waals surface area contributed by atoms with Gasteiger partial charge in [0.05, 0.1) is 0 Å². The molecule has 0 bridgehead atoms. The molecule has 0 aromatic heterocycles. The van der Waals surface area contributed by atoms with Crippen LogP contribution >= 0.6 is 0 Å². The molecule has 1 amide bonds. The number of benzene rings is 2. The molecule has 4 heteroatoms. The average Bonchev–Trinajstić information content (AvgIpc) is 2.55. The molecule has 0 fully saturated rings. The third-order valence-electron chi connectivity index (χ3n) is 3.83. The molecule has 4 nitrogen and oxygen atoms in total. The molecule has 2 aromatic carbocycles. The number of rotatable bonds is 7. The van der Waals surface area contributed by atoms with Crippen LogP contribution in [0, 0.1) is 0 Å². The van der Waals surface area contributed by atoms with Crippen molar-refractivity contribution < 1.29 is 9.90 Å². The van der Waals surface area contributed by atoms with Crippen molar-refractivity contribution in [2.75, 3.05) is 27.2 Å². The van der Waals surface area contributed by atoms with E-state index in [4.69, 9.17) is 5.11 Å². The van der Waals surface area contributed by atoms with E-state index in [-0.39, 0.29) is 18.6 Å². The van der Waals surface area contributed by atoms with Crippen molar-refractivity contribution in [3.63, 3.8) is 0 Å². The number of likely N-dealkylation sites (N-methyl/N-ethyl adjacent to an activating group) is 1. The molecular formula is C20H26N2O2. The van der Waals surface area contributed by atoms with Crippen LogP contribution in [0.25, 0.3) is 11.1 Å². The van der Waals surface area contributed by atoms with Gasteiger partial charge in [-0.3, -0.25) is 4.79 Å². The van der Waals surface area contributed by atoms with E-state index < -0.39 is 0 Å². The first-order valence-corrected chi connectivity index (χ1v) is 8.25. The van der Waals surface area contributed by atoms with Gasteiger partial charge in [-0.25, -0.2) is 0 Å². The number of nitrogens with one attached hydrogen (secondary N) is 1. The van der Waals surface area contributed by atoms with Gasteiger partial charge in [-0.15, -0.1) is 0 Å². The van der Waals surface area contributed by atoms with Crippen LogP contribution in [0.5, 0.6) is 0 Å². The van der Waals surface area contributed by atoms with Gasteiger partial charge in [0.15, 0.2) is 0 Å². The molecule has 0 saturated heterocycles. The van der Waals surface area contributed by atoms with Crippen molar-refractivity contribution in [3.05, 3.63) is 59.7 Å². The van der Waals surface area contributed by atoms with Gasteiger partial charge in [0.1, 0.15) is 0 Å². The van der Waals surface area contributed by atoms with E-state index in [1.807, 2.05) is 69.6 Å². The Bertz CT molecular complexity index is 666. The molecule has 0 aliphatic carbocycles. The second-order valence-corrected chi connectivity index (χ2v) is 6.39. The van der Waals surface area contributed by atoms with Crippen LogP contribution in [0.15, 0.2) is 48.5 Å². The summed E-state index contributed by atoms with van der Waals surface area (Å²) < 4.78 is 0. The number of nitrogens with zero attached hydrogens (tertiary/aromatic N) is 1. The second kappa shape index (κ2) is 8.62. The molecule has 0 aliphatic heterocycles. The smallest absolute Gasteiger partial charge is 0.251 e. The van der Waals surface area contributed by atoms with Crippen LogP contribution in [-0.4, -0.2) is 49.2 Å². The number of carbonyl (C=O) groups is 1. The van der Waals surface area contributed by atoms with E-state index in [2.05, 4.69) is 10.2 Å². The third-order valence-corrected chi connectivity index (χ3v) is 3.83. The number of aliphatic hydroxyl groups excluding tert-OH is 1. The molecule has 0 unspecified atom stereocenters. The molecule has 128 valence electrons. The Labute approximate surface area is 144 Å². The highest BCUT2D eigenvalue weighted by Gasteiger charge is 2.11. The zero-order valence-electron chi connectivity index (χ0n) is 14.6. The Morgan fingerprint density at radius 2 is 1.83 bits per heavy atom. The molecule has 2 aromatic rings. The van der Waals surface area contributed by atoms with Crippen LogP contribution in [0.1, 0.15) is 22.8 Å². The first-order valence-electron chi connectivity index (χ1n) is 8.25. The summed E-state index contributed by atoms with van der Waals surface area (Å²) in [6, 6.07) is 15.8. The lowest BCUT2D eigenvalue weighted by Gasteiger charge is -2.18. The first-order chi connectivity index (χ1) is 11.5. The zero-order valence-corrected chi connectivity index (χ0v) is 14.6. The third kappa shape index (κ3) is 5.18. The van der Waals surface area contributed by atoms with Gasteiger partial charge in [0.2, 0.25) is 0 Å². The highest BCUT2D eigenvalue weighted by molar-refractivity contribution is 5.95. The fraction of sp³-hybridized carbons (Fsp3) is 0.350. The minimum Gasteiger partial charge on any atom is -0.396 e. The fourth-order valence-electron chi connectivity index (χ4n) is 2.73. The molecule has 1 atom stereocenters. The summed E-state index contributed by atoms with van der Waals surface area (Å²) in [6.45, 7) is 2.96. The lowest BCUT2D eigenvalue weighted by molar-refractivity contribution is 0.0934. The van der Waals surface area contributed by atoms with Crippen molar-refractivity contribution in [2.45, 2.75) is 19.4 Å². The molecule has 24 heavy (non-hydrogen) atoms. The minimum absolute atomic E-state index is 0.0527. The fourth-order valence-corrected chi connectivity index (χ4v) is 2.73. The van der Waals surface area contributed by atoms with E-state index in [0.717, 1.165) is 23.2 Å². The summed E-state index contributed by atoms with van der Waals surface area (Å²) >= 11 is 0. The lowest BCUT2D eigenvalue weighted by atomic mass is 10.0. The van der Waals surface area contributed by atoms with Crippen molar-refractivity contribution in [2.24, 2.45) is 0 Å². The molecule has 0 spiro atoms. The van der Waals surface area contributed by atoms with Crippen LogP contribution in [0.3, 0.4) is 0 Å². The average molecular weight is 326 g/mol. The molecule has 0 radical (unpaired) electrons. The Kier molecular flexibility index (Phi) is 6.53. The number of carbonyl (C=O) groups excluding carboxylic acids is 1. The molecule has 0 aliphatic rings. The Morgan fingerprint density at radius 3 is 2.46 bits per heavy atom. The van der Waals surface area contributed by atoms with Crippen molar-refractivity contribution in [3.8, 4) is 11.1 Å². The Morgan fingerprint density at radius 1 is 1.12 bits per heavy atom. The lowest BCUT2D eigenvalue weighted by Crippen LogP contribution is -2.39. The van der Waals surface area contributed by atoms with E-state index in [1.54, 1.807) is 0 Å². The largest absolute Gasteiger partial charge is 0.396 e. The van der Waals surface area contributed by atoms with E-state index in [0.29, 0.717) is 12.0 Å².